The van der Waals surface area contributed by atoms with E-state index < -0.39 is 23.8 Å². The number of nitrogens with one attached hydrogen (secondary N) is 2. The molecule has 0 aliphatic heterocycles. The molecule has 42 heavy (non-hydrogen) atoms. The van der Waals surface area contributed by atoms with Crippen LogP contribution in [0.25, 0.3) is 0 Å². The smallest absolute Gasteiger partial charge is 0.408 e. The number of aryl methyl sites for hydroxylation is 2. The van der Waals surface area contributed by atoms with Crippen molar-refractivity contribution in [1.82, 2.24) is 15.5 Å². The van der Waals surface area contributed by atoms with Crippen LogP contribution in [0.1, 0.15) is 108 Å². The van der Waals surface area contributed by atoms with Crippen LogP contribution in [0.3, 0.4) is 0 Å². The predicted molar refractivity (Wildman–Crippen MR) is 170 cm³/mol. The third kappa shape index (κ3) is 11.9. The Hall–Kier alpha value is -3.35. The lowest BCUT2D eigenvalue weighted by Crippen LogP contribution is -2.54. The first-order valence-electron chi connectivity index (χ1n) is 15.7. The van der Waals surface area contributed by atoms with Gasteiger partial charge in [0, 0.05) is 19.5 Å². The maximum atomic E-state index is 14.6. The molecule has 2 rings (SSSR count). The second-order valence-corrected chi connectivity index (χ2v) is 12.2. The monoisotopic (exact) mass is 579 g/mol. The van der Waals surface area contributed by atoms with Crippen LogP contribution in [0.2, 0.25) is 0 Å². The van der Waals surface area contributed by atoms with E-state index in [1.54, 1.807) is 25.7 Å². The molecule has 0 aromatic heterocycles. The summed E-state index contributed by atoms with van der Waals surface area (Å²) in [5, 5.41) is 5.97. The van der Waals surface area contributed by atoms with Crippen LogP contribution in [-0.2, 0) is 20.7 Å². The number of carbonyl (C=O) groups is 3. The average molecular weight is 580 g/mol. The van der Waals surface area contributed by atoms with Gasteiger partial charge in [-0.1, -0.05) is 100 Å². The van der Waals surface area contributed by atoms with Crippen molar-refractivity contribution in [1.29, 1.82) is 0 Å². The predicted octanol–water partition coefficient (Wildman–Crippen LogP) is 7.20. The Kier molecular flexibility index (Phi) is 14.6. The number of nitrogens with zero attached hydrogens (tertiary/aromatic N) is 1. The van der Waals surface area contributed by atoms with Crippen molar-refractivity contribution >= 4 is 17.9 Å². The maximum absolute atomic E-state index is 14.6. The van der Waals surface area contributed by atoms with Gasteiger partial charge in [0.25, 0.3) is 0 Å². The van der Waals surface area contributed by atoms with E-state index in [2.05, 4.69) is 24.5 Å². The third-order valence-corrected chi connectivity index (χ3v) is 7.18. The fourth-order valence-electron chi connectivity index (χ4n) is 4.96. The van der Waals surface area contributed by atoms with E-state index in [0.29, 0.717) is 13.1 Å². The quantitative estimate of drug-likeness (QED) is 0.206. The van der Waals surface area contributed by atoms with E-state index >= 15 is 0 Å². The Bertz CT molecular complexity index is 1130. The fraction of sp³-hybridized carbons (Fsp3) is 0.571. The first-order valence-corrected chi connectivity index (χ1v) is 15.7. The number of benzene rings is 2. The van der Waals surface area contributed by atoms with Crippen LogP contribution >= 0.6 is 0 Å². The summed E-state index contributed by atoms with van der Waals surface area (Å²) in [7, 11) is 0. The lowest BCUT2D eigenvalue weighted by molar-refractivity contribution is -0.142. The Morgan fingerprint density at radius 3 is 2.19 bits per heavy atom. The summed E-state index contributed by atoms with van der Waals surface area (Å²) in [4.78, 5) is 43.2. The summed E-state index contributed by atoms with van der Waals surface area (Å²) >= 11 is 0. The molecule has 0 aliphatic carbocycles. The van der Waals surface area contributed by atoms with Gasteiger partial charge >= 0.3 is 6.09 Å². The number of alkyl carbamates (subject to hydrolysis) is 1. The van der Waals surface area contributed by atoms with Crippen molar-refractivity contribution < 1.29 is 19.1 Å². The summed E-state index contributed by atoms with van der Waals surface area (Å²) < 4.78 is 5.55. The maximum Gasteiger partial charge on any atom is 0.408 e. The Morgan fingerprint density at radius 1 is 0.881 bits per heavy atom. The van der Waals surface area contributed by atoms with Gasteiger partial charge in [-0.15, -0.1) is 0 Å². The summed E-state index contributed by atoms with van der Waals surface area (Å²) in [5.41, 5.74) is 2.96. The number of hydrogen-bond donors (Lipinski definition) is 2. The first kappa shape index (κ1) is 34.8. The van der Waals surface area contributed by atoms with E-state index in [9.17, 15) is 14.4 Å². The highest BCUT2D eigenvalue weighted by Crippen LogP contribution is 2.28. The number of amides is 3. The van der Waals surface area contributed by atoms with E-state index in [0.717, 1.165) is 67.2 Å². The Labute approximate surface area is 253 Å². The van der Waals surface area contributed by atoms with Crippen molar-refractivity contribution in [3.63, 3.8) is 0 Å². The van der Waals surface area contributed by atoms with E-state index in [-0.39, 0.29) is 18.2 Å². The zero-order valence-electron chi connectivity index (χ0n) is 26.9. The van der Waals surface area contributed by atoms with Crippen LogP contribution in [0.15, 0.2) is 48.5 Å². The van der Waals surface area contributed by atoms with Gasteiger partial charge in [-0.2, -0.15) is 0 Å². The van der Waals surface area contributed by atoms with Gasteiger partial charge in [-0.05, 0) is 64.2 Å². The van der Waals surface area contributed by atoms with Crippen molar-refractivity contribution in [3.05, 3.63) is 70.8 Å². The highest BCUT2D eigenvalue weighted by molar-refractivity contribution is 5.92. The normalized spacial score (nSPS) is 12.7. The van der Waals surface area contributed by atoms with Crippen LogP contribution in [0, 0.1) is 13.8 Å². The minimum Gasteiger partial charge on any atom is -0.444 e. The molecule has 2 N–H and O–H groups in total. The van der Waals surface area contributed by atoms with Crippen LogP contribution in [0.4, 0.5) is 4.79 Å². The van der Waals surface area contributed by atoms with Crippen molar-refractivity contribution in [2.24, 2.45) is 0 Å². The van der Waals surface area contributed by atoms with Crippen molar-refractivity contribution in [2.45, 2.75) is 118 Å². The number of hydrogen-bond acceptors (Lipinski definition) is 4. The molecule has 7 heteroatoms. The lowest BCUT2D eigenvalue weighted by Gasteiger charge is -2.35. The number of unbranched alkanes of at least 4 members (excludes halogenated alkanes) is 5. The van der Waals surface area contributed by atoms with Gasteiger partial charge in [0.2, 0.25) is 11.8 Å². The summed E-state index contributed by atoms with van der Waals surface area (Å²) in [6.07, 6.45) is 6.38. The van der Waals surface area contributed by atoms with Gasteiger partial charge in [0.1, 0.15) is 17.7 Å². The molecule has 0 fully saturated rings. The second kappa shape index (κ2) is 17.6. The molecule has 2 atom stereocenters. The standard InChI is InChI=1S/C35H53N3O4/c1-8-10-12-17-23-38(31(32(39)36-22-16-11-9-2)29-24-26(3)20-21-27(29)4)33(40)30(25-28-18-14-13-15-19-28)37-34(41)42-35(5,6)7/h13-15,18-21,24,30-31H,8-12,16-17,22-23,25H2,1-7H3,(H,36,39)(H,37,41). The largest absolute Gasteiger partial charge is 0.444 e. The summed E-state index contributed by atoms with van der Waals surface area (Å²) in [5.74, 6) is -0.491. The highest BCUT2D eigenvalue weighted by atomic mass is 16.6. The molecule has 0 heterocycles. The van der Waals surface area contributed by atoms with Crippen LogP contribution in [0.5, 0.6) is 0 Å². The number of rotatable bonds is 16. The zero-order valence-corrected chi connectivity index (χ0v) is 26.9. The number of carbonyl (C=O) groups excluding carboxylic acids is 3. The van der Waals surface area contributed by atoms with Crippen LogP contribution < -0.4 is 10.6 Å². The molecule has 0 saturated carbocycles. The minimum atomic E-state index is -0.908. The van der Waals surface area contributed by atoms with Gasteiger partial charge < -0.3 is 20.3 Å². The lowest BCUT2D eigenvalue weighted by atomic mass is 9.95. The van der Waals surface area contributed by atoms with Crippen molar-refractivity contribution in [2.75, 3.05) is 13.1 Å². The van der Waals surface area contributed by atoms with E-state index in [1.807, 2.05) is 62.4 Å². The van der Waals surface area contributed by atoms with Gasteiger partial charge in [0.05, 0.1) is 0 Å². The second-order valence-electron chi connectivity index (χ2n) is 12.2. The zero-order chi connectivity index (χ0) is 31.1. The Morgan fingerprint density at radius 2 is 1.55 bits per heavy atom. The topological polar surface area (TPSA) is 87.7 Å². The molecule has 2 unspecified atom stereocenters. The van der Waals surface area contributed by atoms with Crippen molar-refractivity contribution in [3.8, 4) is 0 Å². The molecule has 3 amide bonds. The fourth-order valence-corrected chi connectivity index (χ4v) is 4.96. The molecular weight excluding hydrogens is 526 g/mol. The molecule has 0 aliphatic rings. The molecule has 7 nitrogen and oxygen atoms in total. The minimum absolute atomic E-state index is 0.195. The average Bonchev–Trinajstić information content (AvgIpc) is 2.93. The molecule has 2 aromatic carbocycles. The molecule has 232 valence electrons. The van der Waals surface area contributed by atoms with Gasteiger partial charge in [0.15, 0.2) is 0 Å². The molecule has 0 spiro atoms. The highest BCUT2D eigenvalue weighted by Gasteiger charge is 2.36. The molecule has 0 radical (unpaired) electrons. The van der Waals surface area contributed by atoms with Crippen LogP contribution in [-0.4, -0.2) is 47.5 Å². The van der Waals surface area contributed by atoms with E-state index in [4.69, 9.17) is 4.74 Å². The summed E-state index contributed by atoms with van der Waals surface area (Å²) in [6, 6.07) is 13.9. The van der Waals surface area contributed by atoms with Gasteiger partial charge in [-0.25, -0.2) is 4.79 Å². The third-order valence-electron chi connectivity index (χ3n) is 7.18. The van der Waals surface area contributed by atoms with Gasteiger partial charge in [-0.3, -0.25) is 9.59 Å². The Balaban J connectivity index is 2.56. The molecule has 0 saturated heterocycles. The summed E-state index contributed by atoms with van der Waals surface area (Å²) in [6.45, 7) is 14.6. The van der Waals surface area contributed by atoms with E-state index in [1.165, 1.54) is 0 Å². The molecule has 0 bridgehead atoms. The number of ether oxygens (including phenoxy) is 1. The SMILES string of the molecule is CCCCCCN(C(=O)C(Cc1ccccc1)NC(=O)OC(C)(C)C)C(C(=O)NCCCCC)c1cc(C)ccc1C. The first-order chi connectivity index (χ1) is 20.0. The molecular formula is C35H53N3O4. The molecule has 2 aromatic rings.